The largest absolute Gasteiger partial charge is 0.496 e. The Morgan fingerprint density at radius 1 is 1.39 bits per heavy atom. The molecule has 8 heteroatoms. The summed E-state index contributed by atoms with van der Waals surface area (Å²) in [5.41, 5.74) is 6.49. The summed E-state index contributed by atoms with van der Waals surface area (Å²) in [7, 11) is 1.58. The fourth-order valence-electron chi connectivity index (χ4n) is 1.85. The number of hydrogen-bond acceptors (Lipinski definition) is 6. The minimum Gasteiger partial charge on any atom is -0.496 e. The maximum absolute atomic E-state index is 11.8. The number of amides is 1. The molecule has 0 bridgehead atoms. The van der Waals surface area contributed by atoms with Crippen LogP contribution >= 0.6 is 12.4 Å². The van der Waals surface area contributed by atoms with Crippen molar-refractivity contribution >= 4 is 18.3 Å². The van der Waals surface area contributed by atoms with Crippen LogP contribution in [0.25, 0.3) is 11.4 Å². The molecule has 0 radical (unpaired) electrons. The standard InChI is InChI=1S/C15H20N4O3.ClH/c1-9(2)13(16)15(20)17-8-12-18-14(19-22-12)10-6-4-5-7-11(10)21-3;/h4-7,9,13H,8,16H2,1-3H3,(H,17,20);1H/t13-;/m0./s1. The van der Waals surface area contributed by atoms with Crippen molar-refractivity contribution in [1.82, 2.24) is 15.5 Å². The van der Waals surface area contributed by atoms with Crippen molar-refractivity contribution in [3.05, 3.63) is 30.2 Å². The van der Waals surface area contributed by atoms with Gasteiger partial charge in [0, 0.05) is 0 Å². The van der Waals surface area contributed by atoms with E-state index in [0.29, 0.717) is 17.5 Å². The minimum absolute atomic E-state index is 0. The SMILES string of the molecule is COc1ccccc1-c1noc(CNC(=O)[C@@H](N)C(C)C)n1.Cl. The van der Waals surface area contributed by atoms with Gasteiger partial charge in [-0.05, 0) is 18.1 Å². The molecule has 126 valence electrons. The first kappa shape index (κ1) is 18.9. The number of benzene rings is 1. The fraction of sp³-hybridized carbons (Fsp3) is 0.400. The van der Waals surface area contributed by atoms with Gasteiger partial charge in [-0.2, -0.15) is 4.98 Å². The van der Waals surface area contributed by atoms with Crippen LogP contribution in [-0.4, -0.2) is 29.2 Å². The summed E-state index contributed by atoms with van der Waals surface area (Å²) < 4.78 is 10.4. The third kappa shape index (κ3) is 4.67. The van der Waals surface area contributed by atoms with Gasteiger partial charge >= 0.3 is 0 Å². The van der Waals surface area contributed by atoms with Gasteiger partial charge in [0.2, 0.25) is 17.6 Å². The second kappa shape index (κ2) is 8.50. The van der Waals surface area contributed by atoms with Crippen molar-refractivity contribution in [2.24, 2.45) is 11.7 Å². The molecule has 0 aliphatic heterocycles. The molecule has 0 unspecified atom stereocenters. The Morgan fingerprint density at radius 3 is 2.74 bits per heavy atom. The van der Waals surface area contributed by atoms with Crippen LogP contribution in [0, 0.1) is 5.92 Å². The van der Waals surface area contributed by atoms with E-state index in [2.05, 4.69) is 15.5 Å². The molecule has 0 saturated heterocycles. The lowest BCUT2D eigenvalue weighted by molar-refractivity contribution is -0.123. The van der Waals surface area contributed by atoms with Gasteiger partial charge in [0.25, 0.3) is 0 Å². The molecule has 1 heterocycles. The van der Waals surface area contributed by atoms with Crippen molar-refractivity contribution in [2.75, 3.05) is 7.11 Å². The van der Waals surface area contributed by atoms with Crippen molar-refractivity contribution in [3.8, 4) is 17.1 Å². The normalized spacial score (nSPS) is 11.7. The third-order valence-corrected chi connectivity index (χ3v) is 3.25. The first-order valence-electron chi connectivity index (χ1n) is 7.02. The minimum atomic E-state index is -0.559. The molecule has 1 amide bonds. The molecular weight excluding hydrogens is 320 g/mol. The maximum Gasteiger partial charge on any atom is 0.246 e. The van der Waals surface area contributed by atoms with Gasteiger partial charge in [0.1, 0.15) is 5.75 Å². The number of ether oxygens (including phenoxy) is 1. The van der Waals surface area contributed by atoms with Gasteiger partial charge in [-0.25, -0.2) is 0 Å². The lowest BCUT2D eigenvalue weighted by atomic mass is 10.1. The summed E-state index contributed by atoms with van der Waals surface area (Å²) in [4.78, 5) is 16.0. The molecule has 0 spiro atoms. The van der Waals surface area contributed by atoms with E-state index in [-0.39, 0.29) is 30.8 Å². The Kier molecular flexibility index (Phi) is 6.99. The van der Waals surface area contributed by atoms with Crippen LogP contribution in [0.4, 0.5) is 0 Å². The molecule has 2 aromatic rings. The predicted molar refractivity (Wildman–Crippen MR) is 88.2 cm³/mol. The second-order valence-electron chi connectivity index (χ2n) is 5.20. The van der Waals surface area contributed by atoms with Crippen molar-refractivity contribution in [2.45, 2.75) is 26.4 Å². The highest BCUT2D eigenvalue weighted by atomic mass is 35.5. The summed E-state index contributed by atoms with van der Waals surface area (Å²) >= 11 is 0. The van der Waals surface area contributed by atoms with Crippen molar-refractivity contribution in [1.29, 1.82) is 0 Å². The Hall–Kier alpha value is -2.12. The Bertz CT molecular complexity index is 645. The van der Waals surface area contributed by atoms with Gasteiger partial charge < -0.3 is 20.3 Å². The molecule has 23 heavy (non-hydrogen) atoms. The van der Waals surface area contributed by atoms with Crippen LogP contribution in [0.15, 0.2) is 28.8 Å². The fourth-order valence-corrected chi connectivity index (χ4v) is 1.85. The lowest BCUT2D eigenvalue weighted by Gasteiger charge is -2.14. The number of halogens is 1. The molecule has 1 atom stereocenters. The van der Waals surface area contributed by atoms with Crippen molar-refractivity contribution in [3.63, 3.8) is 0 Å². The molecule has 0 fully saturated rings. The molecular formula is C15H21ClN4O3. The van der Waals surface area contributed by atoms with Gasteiger partial charge in [-0.15, -0.1) is 12.4 Å². The van der Waals surface area contributed by atoms with Crippen LogP contribution in [0.1, 0.15) is 19.7 Å². The summed E-state index contributed by atoms with van der Waals surface area (Å²) in [6.07, 6.45) is 0. The quantitative estimate of drug-likeness (QED) is 0.830. The molecule has 2 rings (SSSR count). The van der Waals surface area contributed by atoms with Gasteiger partial charge in [-0.1, -0.05) is 31.1 Å². The number of hydrogen-bond donors (Lipinski definition) is 2. The van der Waals surface area contributed by atoms with Gasteiger partial charge in [-0.3, -0.25) is 4.79 Å². The molecule has 0 aliphatic carbocycles. The highest BCUT2D eigenvalue weighted by Gasteiger charge is 2.18. The van der Waals surface area contributed by atoms with Crippen LogP contribution < -0.4 is 15.8 Å². The number of nitrogens with one attached hydrogen (secondary N) is 1. The number of carbonyl (C=O) groups is 1. The van der Waals surface area contributed by atoms with Crippen LogP contribution in [0.2, 0.25) is 0 Å². The zero-order valence-electron chi connectivity index (χ0n) is 13.3. The molecule has 0 aliphatic rings. The third-order valence-electron chi connectivity index (χ3n) is 3.25. The van der Waals surface area contributed by atoms with Crippen LogP contribution in [-0.2, 0) is 11.3 Å². The van der Waals surface area contributed by atoms with Gasteiger partial charge in [0.05, 0.1) is 25.3 Å². The van der Waals surface area contributed by atoms with E-state index in [1.807, 2.05) is 38.1 Å². The van der Waals surface area contributed by atoms with Crippen molar-refractivity contribution < 1.29 is 14.1 Å². The second-order valence-corrected chi connectivity index (χ2v) is 5.20. The maximum atomic E-state index is 11.8. The Balaban J connectivity index is 0.00000264. The van der Waals surface area contributed by atoms with E-state index in [9.17, 15) is 4.79 Å². The van der Waals surface area contributed by atoms with Crippen LogP contribution in [0.5, 0.6) is 5.75 Å². The first-order valence-corrected chi connectivity index (χ1v) is 7.02. The summed E-state index contributed by atoms with van der Waals surface area (Å²) in [6, 6.07) is 6.81. The highest BCUT2D eigenvalue weighted by Crippen LogP contribution is 2.26. The molecule has 1 aromatic heterocycles. The molecule has 3 N–H and O–H groups in total. The van der Waals surface area contributed by atoms with E-state index in [4.69, 9.17) is 15.0 Å². The topological polar surface area (TPSA) is 103 Å². The number of rotatable bonds is 6. The van der Waals surface area contributed by atoms with Gasteiger partial charge in [0.15, 0.2) is 0 Å². The monoisotopic (exact) mass is 340 g/mol. The summed E-state index contributed by atoms with van der Waals surface area (Å²) in [5.74, 6) is 1.19. The smallest absolute Gasteiger partial charge is 0.246 e. The average Bonchev–Trinajstić information content (AvgIpc) is 3.00. The number of aromatic nitrogens is 2. The number of nitrogens with two attached hydrogens (primary N) is 1. The predicted octanol–water partition coefficient (Wildman–Crippen LogP) is 1.77. The number of para-hydroxylation sites is 1. The number of methoxy groups -OCH3 is 1. The van der Waals surface area contributed by atoms with E-state index >= 15 is 0 Å². The Labute approximate surface area is 141 Å². The average molecular weight is 341 g/mol. The number of nitrogens with zero attached hydrogens (tertiary/aromatic N) is 2. The number of carbonyl (C=O) groups excluding carboxylic acids is 1. The molecule has 1 aromatic carbocycles. The lowest BCUT2D eigenvalue weighted by Crippen LogP contribution is -2.43. The highest BCUT2D eigenvalue weighted by molar-refractivity contribution is 5.85. The zero-order chi connectivity index (χ0) is 16.1. The van der Waals surface area contributed by atoms with E-state index in [1.54, 1.807) is 7.11 Å². The van der Waals surface area contributed by atoms with Crippen LogP contribution in [0.3, 0.4) is 0 Å². The summed E-state index contributed by atoms with van der Waals surface area (Å²) in [6.45, 7) is 3.91. The molecule has 0 saturated carbocycles. The Morgan fingerprint density at radius 2 is 2.09 bits per heavy atom. The first-order chi connectivity index (χ1) is 10.5. The van der Waals surface area contributed by atoms with E-state index in [0.717, 1.165) is 5.56 Å². The summed E-state index contributed by atoms with van der Waals surface area (Å²) in [5, 5.41) is 6.59. The van der Waals surface area contributed by atoms with E-state index < -0.39 is 6.04 Å². The van der Waals surface area contributed by atoms with E-state index in [1.165, 1.54) is 0 Å². The molecule has 7 nitrogen and oxygen atoms in total. The zero-order valence-corrected chi connectivity index (χ0v) is 14.1.